The Kier molecular flexibility index (Phi) is 4.99. The maximum atomic E-state index is 3.30. The zero-order valence-electron chi connectivity index (χ0n) is 5.63. The van der Waals surface area contributed by atoms with Crippen LogP contribution in [0.3, 0.4) is 0 Å². The molecule has 1 aliphatic rings. The van der Waals surface area contributed by atoms with Crippen LogP contribution >= 0.6 is 0 Å². The van der Waals surface area contributed by atoms with Gasteiger partial charge in [0.1, 0.15) is 0 Å². The third kappa shape index (κ3) is 2.96. The molecule has 0 atom stereocenters. The van der Waals surface area contributed by atoms with Crippen LogP contribution in [0.2, 0.25) is 0 Å². The average Bonchev–Trinajstić information content (AvgIpc) is 1.90. The quantitative estimate of drug-likeness (QED) is 0.458. The van der Waals surface area contributed by atoms with E-state index < -0.39 is 0 Å². The van der Waals surface area contributed by atoms with Crippen LogP contribution in [0.1, 0.15) is 26.2 Å². The molecule has 1 heteroatoms. The Balaban J connectivity index is 0.000000640. The van der Waals surface area contributed by atoms with E-state index >= 15 is 0 Å². The van der Waals surface area contributed by atoms with Crippen molar-refractivity contribution in [2.75, 3.05) is 0 Å². The van der Waals surface area contributed by atoms with Gasteiger partial charge in [0.25, 0.3) is 0 Å². The molecule has 0 aromatic carbocycles. The fourth-order valence-electron chi connectivity index (χ4n) is 0.843. The summed E-state index contributed by atoms with van der Waals surface area (Å²) in [4.78, 5) is 0. The van der Waals surface area contributed by atoms with Crippen LogP contribution < -0.4 is 0 Å². The second-order valence-electron chi connectivity index (χ2n) is 2.00. The zero-order chi connectivity index (χ0) is 5.82. The van der Waals surface area contributed by atoms with Crippen LogP contribution in [0, 0.1) is 6.08 Å². The molecular formula is C8H11Ru. The van der Waals surface area contributed by atoms with E-state index in [1.165, 1.54) is 12.0 Å². The van der Waals surface area contributed by atoms with Crippen molar-refractivity contribution < 1.29 is 19.5 Å². The molecule has 0 unspecified atom stereocenters. The molecule has 0 N–H and O–H groups in total. The number of allylic oxidation sites excluding steroid dienone is 4. The molecule has 51 valence electrons. The van der Waals surface area contributed by atoms with Gasteiger partial charge in [-0.15, -0.1) is 6.42 Å². The van der Waals surface area contributed by atoms with Gasteiger partial charge in [0, 0.05) is 0 Å². The van der Waals surface area contributed by atoms with E-state index in [4.69, 9.17) is 0 Å². The van der Waals surface area contributed by atoms with Crippen LogP contribution in [0.5, 0.6) is 0 Å². The van der Waals surface area contributed by atoms with Crippen molar-refractivity contribution in [1.29, 1.82) is 0 Å². The molecule has 0 bridgehead atoms. The Morgan fingerprint density at radius 2 is 2.44 bits per heavy atom. The fraction of sp³-hybridized carbons (Fsp3) is 0.500. The first kappa shape index (κ1) is 9.10. The van der Waals surface area contributed by atoms with Gasteiger partial charge in [0.05, 0.1) is 0 Å². The molecule has 0 spiro atoms. The molecule has 9 heavy (non-hydrogen) atoms. The molecule has 0 saturated heterocycles. The van der Waals surface area contributed by atoms with Crippen LogP contribution in [0.25, 0.3) is 0 Å². The van der Waals surface area contributed by atoms with E-state index in [2.05, 4.69) is 25.2 Å². The minimum Gasteiger partial charge on any atom is -0.272 e. The SMILES string of the molecule is CCC1=[C-]CCC=C1.[Ru+]. The summed E-state index contributed by atoms with van der Waals surface area (Å²) in [5.41, 5.74) is 1.37. The van der Waals surface area contributed by atoms with Crippen LogP contribution in [-0.4, -0.2) is 0 Å². The second kappa shape index (κ2) is 4.93. The van der Waals surface area contributed by atoms with Crippen LogP contribution in [0.4, 0.5) is 0 Å². The van der Waals surface area contributed by atoms with E-state index in [1.807, 2.05) is 0 Å². The zero-order valence-corrected chi connectivity index (χ0v) is 7.37. The second-order valence-corrected chi connectivity index (χ2v) is 2.00. The van der Waals surface area contributed by atoms with Gasteiger partial charge in [-0.2, -0.15) is 6.08 Å². The maximum Gasteiger partial charge on any atom is 1.00 e. The molecule has 0 aromatic heterocycles. The maximum absolute atomic E-state index is 3.30. The first-order valence-corrected chi connectivity index (χ1v) is 3.19. The third-order valence-electron chi connectivity index (χ3n) is 1.36. The van der Waals surface area contributed by atoms with Crippen molar-refractivity contribution in [3.63, 3.8) is 0 Å². The van der Waals surface area contributed by atoms with Gasteiger partial charge in [-0.3, -0.25) is 6.08 Å². The van der Waals surface area contributed by atoms with Crippen LogP contribution in [0.15, 0.2) is 17.7 Å². The first-order valence-electron chi connectivity index (χ1n) is 3.19. The number of rotatable bonds is 1. The van der Waals surface area contributed by atoms with Crippen molar-refractivity contribution in [2.45, 2.75) is 26.2 Å². The topological polar surface area (TPSA) is 0 Å². The number of hydrogen-bond donors (Lipinski definition) is 0. The fourth-order valence-corrected chi connectivity index (χ4v) is 0.843. The standard InChI is InChI=1S/C8H11.Ru/c1-2-8-6-4-3-5-7-8;/h4,6H,2-3,5H2,1H3;/q-1;+1. The molecule has 0 fully saturated rings. The van der Waals surface area contributed by atoms with E-state index in [-0.39, 0.29) is 19.5 Å². The Labute approximate surface area is 69.8 Å². The van der Waals surface area contributed by atoms with E-state index in [1.54, 1.807) is 0 Å². The predicted octanol–water partition coefficient (Wildman–Crippen LogP) is 2.47. The summed E-state index contributed by atoms with van der Waals surface area (Å²) in [6, 6.07) is 0. The largest absolute Gasteiger partial charge is 1.00 e. The number of hydrogen-bond acceptors (Lipinski definition) is 0. The summed E-state index contributed by atoms with van der Waals surface area (Å²) in [5, 5.41) is 0. The van der Waals surface area contributed by atoms with Gasteiger partial charge in [0.2, 0.25) is 0 Å². The van der Waals surface area contributed by atoms with Crippen molar-refractivity contribution in [3.8, 4) is 0 Å². The van der Waals surface area contributed by atoms with Gasteiger partial charge in [0.15, 0.2) is 0 Å². The molecule has 0 amide bonds. The van der Waals surface area contributed by atoms with Gasteiger partial charge in [-0.05, 0) is 0 Å². The summed E-state index contributed by atoms with van der Waals surface area (Å²) >= 11 is 0. The van der Waals surface area contributed by atoms with Crippen molar-refractivity contribution in [1.82, 2.24) is 0 Å². The summed E-state index contributed by atoms with van der Waals surface area (Å²) in [5.74, 6) is 0. The average molecular weight is 208 g/mol. The Morgan fingerprint density at radius 3 is 2.78 bits per heavy atom. The van der Waals surface area contributed by atoms with E-state index in [0.29, 0.717) is 0 Å². The van der Waals surface area contributed by atoms with E-state index in [9.17, 15) is 0 Å². The molecule has 0 aliphatic heterocycles. The van der Waals surface area contributed by atoms with Crippen LogP contribution in [-0.2, 0) is 19.5 Å². The van der Waals surface area contributed by atoms with Crippen molar-refractivity contribution >= 4 is 0 Å². The summed E-state index contributed by atoms with van der Waals surface area (Å²) in [6.07, 6.45) is 11.1. The van der Waals surface area contributed by atoms with Gasteiger partial charge in [-0.25, -0.2) is 11.6 Å². The van der Waals surface area contributed by atoms with Gasteiger partial charge < -0.3 is 0 Å². The van der Waals surface area contributed by atoms with E-state index in [0.717, 1.165) is 12.8 Å². The Hall–Kier alpha value is 0.103. The summed E-state index contributed by atoms with van der Waals surface area (Å²) < 4.78 is 0. The minimum atomic E-state index is 0. The Bertz CT molecular complexity index is 123. The molecule has 1 aliphatic carbocycles. The monoisotopic (exact) mass is 209 g/mol. The minimum absolute atomic E-state index is 0. The molecular weight excluding hydrogens is 197 g/mol. The molecule has 0 aromatic rings. The first-order chi connectivity index (χ1) is 3.93. The summed E-state index contributed by atoms with van der Waals surface area (Å²) in [7, 11) is 0. The van der Waals surface area contributed by atoms with Crippen molar-refractivity contribution in [3.05, 3.63) is 23.8 Å². The molecule has 0 saturated carbocycles. The smallest absolute Gasteiger partial charge is 0.272 e. The third-order valence-corrected chi connectivity index (χ3v) is 1.36. The molecule has 1 rings (SSSR count). The molecule has 0 heterocycles. The molecule has 0 nitrogen and oxygen atoms in total. The van der Waals surface area contributed by atoms with Gasteiger partial charge in [-0.1, -0.05) is 19.8 Å². The molecule has 1 radical (unpaired) electrons. The predicted molar refractivity (Wildman–Crippen MR) is 35.4 cm³/mol. The normalized spacial score (nSPS) is 16.3. The summed E-state index contributed by atoms with van der Waals surface area (Å²) in [6.45, 7) is 2.16. The van der Waals surface area contributed by atoms with Gasteiger partial charge >= 0.3 is 19.5 Å². The Morgan fingerprint density at radius 1 is 1.67 bits per heavy atom. The van der Waals surface area contributed by atoms with Crippen molar-refractivity contribution in [2.24, 2.45) is 0 Å².